The number of hydrogen-bond donors (Lipinski definition) is 2. The SMILES string of the molecule is Cc1ccc(S(=O)(=O)N(C)c2ccc(C(=O)Nc3ccccc3C(=O)NC(C)C)cc2)cc1. The van der Waals surface area contributed by atoms with Crippen molar-refractivity contribution in [2.75, 3.05) is 16.7 Å². The third kappa shape index (κ3) is 5.59. The van der Waals surface area contributed by atoms with E-state index >= 15 is 0 Å². The Labute approximate surface area is 194 Å². The molecule has 0 radical (unpaired) electrons. The minimum Gasteiger partial charge on any atom is -0.350 e. The highest BCUT2D eigenvalue weighted by Crippen LogP contribution is 2.23. The van der Waals surface area contributed by atoms with Gasteiger partial charge < -0.3 is 10.6 Å². The molecule has 8 heteroatoms. The van der Waals surface area contributed by atoms with Crippen molar-refractivity contribution in [2.24, 2.45) is 0 Å². The third-order valence-corrected chi connectivity index (χ3v) is 6.81. The Bertz CT molecular complexity index is 1250. The van der Waals surface area contributed by atoms with Gasteiger partial charge in [0.2, 0.25) is 0 Å². The van der Waals surface area contributed by atoms with Crippen molar-refractivity contribution in [3.05, 3.63) is 89.5 Å². The van der Waals surface area contributed by atoms with Crippen LogP contribution >= 0.6 is 0 Å². The number of para-hydroxylation sites is 1. The van der Waals surface area contributed by atoms with E-state index in [0.29, 0.717) is 22.5 Å². The van der Waals surface area contributed by atoms with E-state index in [4.69, 9.17) is 0 Å². The van der Waals surface area contributed by atoms with Crippen LogP contribution in [0.25, 0.3) is 0 Å². The monoisotopic (exact) mass is 465 g/mol. The quantitative estimate of drug-likeness (QED) is 0.546. The zero-order valence-corrected chi connectivity index (χ0v) is 19.8. The van der Waals surface area contributed by atoms with E-state index in [-0.39, 0.29) is 16.8 Å². The molecule has 3 rings (SSSR count). The maximum atomic E-state index is 12.9. The molecular formula is C25H27N3O4S. The Morgan fingerprint density at radius 3 is 2.06 bits per heavy atom. The van der Waals surface area contributed by atoms with Crippen molar-refractivity contribution in [2.45, 2.75) is 31.7 Å². The average Bonchev–Trinajstić information content (AvgIpc) is 2.78. The lowest BCUT2D eigenvalue weighted by atomic mass is 10.1. The van der Waals surface area contributed by atoms with Gasteiger partial charge in [0, 0.05) is 18.7 Å². The molecule has 0 unspecified atom stereocenters. The Kier molecular flexibility index (Phi) is 7.18. The van der Waals surface area contributed by atoms with Gasteiger partial charge in [0.1, 0.15) is 0 Å². The minimum atomic E-state index is -3.73. The molecule has 0 spiro atoms. The van der Waals surface area contributed by atoms with Crippen LogP contribution in [0, 0.1) is 6.92 Å². The van der Waals surface area contributed by atoms with E-state index in [9.17, 15) is 18.0 Å². The fraction of sp³-hybridized carbons (Fsp3) is 0.200. The molecule has 7 nitrogen and oxygen atoms in total. The second-order valence-corrected chi connectivity index (χ2v) is 9.93. The van der Waals surface area contributed by atoms with Crippen LogP contribution in [0.1, 0.15) is 40.1 Å². The average molecular weight is 466 g/mol. The smallest absolute Gasteiger partial charge is 0.264 e. The molecule has 3 aromatic rings. The molecule has 2 amide bonds. The molecule has 0 aliphatic carbocycles. The molecule has 172 valence electrons. The summed E-state index contributed by atoms with van der Waals surface area (Å²) in [5.41, 5.74) is 2.47. The van der Waals surface area contributed by atoms with Crippen molar-refractivity contribution in [1.82, 2.24) is 5.32 Å². The number of benzene rings is 3. The molecule has 0 heterocycles. The number of aryl methyl sites for hydroxylation is 1. The van der Waals surface area contributed by atoms with Crippen molar-refractivity contribution in [3.8, 4) is 0 Å². The Balaban J connectivity index is 1.77. The standard InChI is InChI=1S/C25H27N3O4S/c1-17(2)26-25(30)22-7-5-6-8-23(22)27-24(29)19-11-13-20(14-12-19)28(4)33(31,32)21-15-9-18(3)10-16-21/h5-17H,1-4H3,(H,26,30)(H,27,29). The highest BCUT2D eigenvalue weighted by atomic mass is 32.2. The lowest BCUT2D eigenvalue weighted by molar-refractivity contribution is 0.0944. The molecule has 2 N–H and O–H groups in total. The van der Waals surface area contributed by atoms with Gasteiger partial charge in [-0.05, 0) is 69.3 Å². The summed E-state index contributed by atoms with van der Waals surface area (Å²) in [6.07, 6.45) is 0. The predicted octanol–water partition coefficient (Wildman–Crippen LogP) is 4.21. The number of carbonyl (C=O) groups excluding carboxylic acids is 2. The largest absolute Gasteiger partial charge is 0.350 e. The molecule has 0 aliphatic rings. The van der Waals surface area contributed by atoms with Gasteiger partial charge in [-0.3, -0.25) is 13.9 Å². The zero-order chi connectivity index (χ0) is 24.2. The third-order valence-electron chi connectivity index (χ3n) is 5.01. The lowest BCUT2D eigenvalue weighted by Crippen LogP contribution is -2.31. The summed E-state index contributed by atoms with van der Waals surface area (Å²) >= 11 is 0. The van der Waals surface area contributed by atoms with Crippen LogP contribution < -0.4 is 14.9 Å². The number of nitrogens with zero attached hydrogens (tertiary/aromatic N) is 1. The fourth-order valence-electron chi connectivity index (χ4n) is 3.15. The van der Waals surface area contributed by atoms with Crippen molar-refractivity contribution in [3.63, 3.8) is 0 Å². The first-order valence-corrected chi connectivity index (χ1v) is 11.9. The van der Waals surface area contributed by atoms with Gasteiger partial charge in [0.15, 0.2) is 0 Å². The molecule has 0 aliphatic heterocycles. The van der Waals surface area contributed by atoms with Crippen LogP contribution in [0.5, 0.6) is 0 Å². The van der Waals surface area contributed by atoms with Crippen LogP contribution in [0.3, 0.4) is 0 Å². The molecule has 0 saturated heterocycles. The molecule has 3 aromatic carbocycles. The van der Waals surface area contributed by atoms with Gasteiger partial charge >= 0.3 is 0 Å². The van der Waals surface area contributed by atoms with E-state index in [1.165, 1.54) is 11.4 Å². The molecular weight excluding hydrogens is 438 g/mol. The van der Waals surface area contributed by atoms with Gasteiger partial charge in [-0.15, -0.1) is 0 Å². The number of amides is 2. The van der Waals surface area contributed by atoms with Gasteiger partial charge in [-0.1, -0.05) is 29.8 Å². The topological polar surface area (TPSA) is 95.6 Å². The van der Waals surface area contributed by atoms with E-state index in [1.807, 2.05) is 20.8 Å². The van der Waals surface area contributed by atoms with Crippen LogP contribution in [0.2, 0.25) is 0 Å². The predicted molar refractivity (Wildman–Crippen MR) is 130 cm³/mol. The normalized spacial score (nSPS) is 11.2. The fourth-order valence-corrected chi connectivity index (χ4v) is 4.35. The first-order valence-electron chi connectivity index (χ1n) is 10.5. The van der Waals surface area contributed by atoms with Gasteiger partial charge in [0.05, 0.1) is 21.8 Å². The summed E-state index contributed by atoms with van der Waals surface area (Å²) in [7, 11) is -2.26. The van der Waals surface area contributed by atoms with Gasteiger partial charge in [-0.25, -0.2) is 8.42 Å². The van der Waals surface area contributed by atoms with Gasteiger partial charge in [0.25, 0.3) is 21.8 Å². The lowest BCUT2D eigenvalue weighted by Gasteiger charge is -2.20. The van der Waals surface area contributed by atoms with E-state index in [0.717, 1.165) is 5.56 Å². The second kappa shape index (κ2) is 9.87. The molecule has 0 saturated carbocycles. The number of anilines is 2. The summed E-state index contributed by atoms with van der Waals surface area (Å²) in [4.78, 5) is 25.4. The summed E-state index contributed by atoms with van der Waals surface area (Å²) in [5, 5.41) is 5.57. The van der Waals surface area contributed by atoms with E-state index < -0.39 is 15.9 Å². The second-order valence-electron chi connectivity index (χ2n) is 7.96. The first-order chi connectivity index (χ1) is 15.6. The molecule has 33 heavy (non-hydrogen) atoms. The maximum Gasteiger partial charge on any atom is 0.264 e. The Morgan fingerprint density at radius 2 is 1.45 bits per heavy atom. The van der Waals surface area contributed by atoms with E-state index in [1.54, 1.807) is 72.8 Å². The van der Waals surface area contributed by atoms with Crippen molar-refractivity contribution >= 4 is 33.2 Å². The molecule has 0 atom stereocenters. The van der Waals surface area contributed by atoms with Crippen molar-refractivity contribution < 1.29 is 18.0 Å². The molecule has 0 aromatic heterocycles. The number of carbonyl (C=O) groups is 2. The van der Waals surface area contributed by atoms with Crippen LogP contribution in [0.15, 0.2) is 77.7 Å². The van der Waals surface area contributed by atoms with Crippen molar-refractivity contribution in [1.29, 1.82) is 0 Å². The number of rotatable bonds is 7. The van der Waals surface area contributed by atoms with Crippen LogP contribution in [-0.2, 0) is 10.0 Å². The Hall–Kier alpha value is -3.65. The Morgan fingerprint density at radius 1 is 0.848 bits per heavy atom. The van der Waals surface area contributed by atoms with Crippen LogP contribution in [0.4, 0.5) is 11.4 Å². The van der Waals surface area contributed by atoms with Crippen LogP contribution in [-0.4, -0.2) is 33.3 Å². The minimum absolute atomic E-state index is 0.0398. The molecule has 0 bridgehead atoms. The summed E-state index contributed by atoms with van der Waals surface area (Å²) in [6.45, 7) is 5.60. The first kappa shape index (κ1) is 24.0. The highest BCUT2D eigenvalue weighted by Gasteiger charge is 2.21. The molecule has 0 fully saturated rings. The zero-order valence-electron chi connectivity index (χ0n) is 19.0. The van der Waals surface area contributed by atoms with Gasteiger partial charge in [-0.2, -0.15) is 0 Å². The maximum absolute atomic E-state index is 12.9. The number of hydrogen-bond acceptors (Lipinski definition) is 4. The number of nitrogens with one attached hydrogen (secondary N) is 2. The van der Waals surface area contributed by atoms with E-state index in [2.05, 4.69) is 10.6 Å². The summed E-state index contributed by atoms with van der Waals surface area (Å²) in [6, 6.07) is 19.6. The highest BCUT2D eigenvalue weighted by molar-refractivity contribution is 7.92. The summed E-state index contributed by atoms with van der Waals surface area (Å²) in [5.74, 6) is -0.686. The number of sulfonamides is 1. The summed E-state index contributed by atoms with van der Waals surface area (Å²) < 4.78 is 27.0.